The number of thiophene rings is 1. The molecule has 0 radical (unpaired) electrons. The number of nitrogens with zero attached hydrogens (tertiary/aromatic N) is 2. The molecule has 25 heavy (non-hydrogen) atoms. The lowest BCUT2D eigenvalue weighted by atomic mass is 10.1. The van der Waals surface area contributed by atoms with Crippen molar-refractivity contribution in [1.29, 1.82) is 0 Å². The summed E-state index contributed by atoms with van der Waals surface area (Å²) < 4.78 is 0. The van der Waals surface area contributed by atoms with Crippen molar-refractivity contribution in [3.05, 3.63) is 57.3 Å². The number of nitrogens with one attached hydrogen (secondary N) is 1. The van der Waals surface area contributed by atoms with Gasteiger partial charge in [-0.3, -0.25) is 4.90 Å². The Hall–Kier alpha value is -1.85. The molecule has 0 bridgehead atoms. The van der Waals surface area contributed by atoms with Crippen molar-refractivity contribution in [2.75, 3.05) is 19.6 Å². The number of carbonyl (C=O) groups excluding carboxylic acids is 1. The Morgan fingerprint density at radius 1 is 1.20 bits per heavy atom. The van der Waals surface area contributed by atoms with Gasteiger partial charge in [-0.15, -0.1) is 11.3 Å². The van der Waals surface area contributed by atoms with Crippen molar-refractivity contribution >= 4 is 17.4 Å². The van der Waals surface area contributed by atoms with E-state index in [0.29, 0.717) is 6.54 Å². The van der Waals surface area contributed by atoms with E-state index in [-0.39, 0.29) is 6.03 Å². The van der Waals surface area contributed by atoms with Crippen LogP contribution in [-0.4, -0.2) is 35.5 Å². The van der Waals surface area contributed by atoms with E-state index >= 15 is 0 Å². The molecule has 0 spiro atoms. The van der Waals surface area contributed by atoms with Crippen LogP contribution in [0.15, 0.2) is 35.7 Å². The minimum atomic E-state index is 0.0366. The molecule has 2 aromatic rings. The average Bonchev–Trinajstić information content (AvgIpc) is 3.12. The molecule has 0 saturated heterocycles. The molecule has 0 aliphatic carbocycles. The van der Waals surface area contributed by atoms with Gasteiger partial charge in [0.25, 0.3) is 0 Å². The Morgan fingerprint density at radius 3 is 2.72 bits per heavy atom. The summed E-state index contributed by atoms with van der Waals surface area (Å²) >= 11 is 1.80. The third kappa shape index (κ3) is 4.41. The maximum Gasteiger partial charge on any atom is 0.317 e. The molecule has 1 aliphatic heterocycles. The van der Waals surface area contributed by atoms with Crippen molar-refractivity contribution in [2.45, 2.75) is 39.9 Å². The lowest BCUT2D eigenvalue weighted by molar-refractivity contribution is 0.192. The number of rotatable bonds is 6. The Bertz CT molecular complexity index is 708. The maximum absolute atomic E-state index is 12.6. The van der Waals surface area contributed by atoms with Crippen LogP contribution in [0.4, 0.5) is 4.79 Å². The van der Waals surface area contributed by atoms with E-state index in [0.717, 1.165) is 39.1 Å². The number of hydrogen-bond donors (Lipinski definition) is 1. The molecule has 0 atom stereocenters. The third-order valence-corrected chi connectivity index (χ3v) is 5.95. The first-order chi connectivity index (χ1) is 12.2. The molecule has 0 unspecified atom stereocenters. The molecule has 5 heteroatoms. The molecule has 1 aromatic heterocycles. The summed E-state index contributed by atoms with van der Waals surface area (Å²) in [6.45, 7) is 9.49. The normalized spacial score (nSPS) is 13.8. The second kappa shape index (κ2) is 8.50. The van der Waals surface area contributed by atoms with E-state index in [9.17, 15) is 4.79 Å². The van der Waals surface area contributed by atoms with Gasteiger partial charge < -0.3 is 10.2 Å². The molecule has 3 rings (SSSR count). The van der Waals surface area contributed by atoms with Crippen LogP contribution in [0.25, 0.3) is 0 Å². The number of benzene rings is 1. The van der Waals surface area contributed by atoms with Crippen LogP contribution in [0.2, 0.25) is 0 Å². The zero-order valence-corrected chi connectivity index (χ0v) is 15.9. The first kappa shape index (κ1) is 18.0. The van der Waals surface area contributed by atoms with E-state index in [1.165, 1.54) is 21.6 Å². The smallest absolute Gasteiger partial charge is 0.317 e. The lowest BCUT2D eigenvalue weighted by Gasteiger charge is -2.27. The fourth-order valence-electron chi connectivity index (χ4n) is 3.28. The summed E-state index contributed by atoms with van der Waals surface area (Å²) in [6.07, 6.45) is 0.971. The summed E-state index contributed by atoms with van der Waals surface area (Å²) in [5.41, 5.74) is 3.80. The molecule has 1 N–H and O–H groups in total. The second-order valence-corrected chi connectivity index (χ2v) is 7.43. The highest BCUT2D eigenvalue weighted by molar-refractivity contribution is 7.10. The van der Waals surface area contributed by atoms with Gasteiger partial charge in [0.05, 0.1) is 0 Å². The number of hydrogen-bond acceptors (Lipinski definition) is 3. The van der Waals surface area contributed by atoms with Gasteiger partial charge in [0.15, 0.2) is 0 Å². The number of amides is 2. The quantitative estimate of drug-likeness (QED) is 0.852. The summed E-state index contributed by atoms with van der Waals surface area (Å²) in [6, 6.07) is 10.6. The van der Waals surface area contributed by atoms with Crippen LogP contribution in [0, 0.1) is 0 Å². The van der Waals surface area contributed by atoms with E-state index < -0.39 is 0 Å². The molecule has 0 fully saturated rings. The summed E-state index contributed by atoms with van der Waals surface area (Å²) in [7, 11) is 0. The van der Waals surface area contributed by atoms with Gasteiger partial charge in [0.1, 0.15) is 0 Å². The van der Waals surface area contributed by atoms with Crippen molar-refractivity contribution in [3.63, 3.8) is 0 Å². The van der Waals surface area contributed by atoms with Crippen LogP contribution in [-0.2, 0) is 26.1 Å². The average molecular weight is 358 g/mol. The Morgan fingerprint density at radius 2 is 1.96 bits per heavy atom. The molecule has 4 nitrogen and oxygen atoms in total. The van der Waals surface area contributed by atoms with Crippen LogP contribution < -0.4 is 5.32 Å². The van der Waals surface area contributed by atoms with Gasteiger partial charge in [-0.05, 0) is 47.6 Å². The molecule has 0 saturated carbocycles. The van der Waals surface area contributed by atoms with Gasteiger partial charge in [-0.1, -0.05) is 38.1 Å². The Kier molecular flexibility index (Phi) is 6.10. The summed E-state index contributed by atoms with van der Waals surface area (Å²) in [5.74, 6) is 0. The molecule has 134 valence electrons. The van der Waals surface area contributed by atoms with E-state index in [4.69, 9.17) is 0 Å². The van der Waals surface area contributed by atoms with Crippen molar-refractivity contribution in [2.24, 2.45) is 0 Å². The molecular weight excluding hydrogens is 330 g/mol. The van der Waals surface area contributed by atoms with E-state index in [2.05, 4.69) is 53.7 Å². The Labute approximate surface area is 154 Å². The molecular formula is C20H27N3OS. The molecule has 1 aromatic carbocycles. The standard InChI is InChI=1S/C20H27N3OS/c1-3-22(4-2)14-17-8-6-5-7-16(17)13-21-20(24)23-11-9-19-18(15-23)10-12-25-19/h5-8,10,12H,3-4,9,11,13-15H2,1-2H3,(H,21,24). The zero-order valence-electron chi connectivity index (χ0n) is 15.1. The maximum atomic E-state index is 12.6. The zero-order chi connectivity index (χ0) is 17.6. The van der Waals surface area contributed by atoms with Crippen LogP contribution in [0.3, 0.4) is 0 Å². The van der Waals surface area contributed by atoms with Crippen molar-refractivity contribution in [3.8, 4) is 0 Å². The highest BCUT2D eigenvalue weighted by Gasteiger charge is 2.21. The minimum absolute atomic E-state index is 0.0366. The predicted molar refractivity (Wildman–Crippen MR) is 104 cm³/mol. The summed E-state index contributed by atoms with van der Waals surface area (Å²) in [4.78, 5) is 18.3. The largest absolute Gasteiger partial charge is 0.334 e. The molecule has 2 amide bonds. The summed E-state index contributed by atoms with van der Waals surface area (Å²) in [5, 5.41) is 5.23. The number of fused-ring (bicyclic) bond motifs is 1. The first-order valence-electron chi connectivity index (χ1n) is 9.08. The van der Waals surface area contributed by atoms with Crippen molar-refractivity contribution < 1.29 is 4.79 Å². The van der Waals surface area contributed by atoms with Gasteiger partial charge in [0, 0.05) is 31.1 Å². The van der Waals surface area contributed by atoms with Crippen LogP contribution in [0.1, 0.15) is 35.4 Å². The molecule has 1 aliphatic rings. The number of urea groups is 1. The SMILES string of the molecule is CCN(CC)Cc1ccccc1CNC(=O)N1CCc2sccc2C1. The minimum Gasteiger partial charge on any atom is -0.334 e. The fourth-order valence-corrected chi connectivity index (χ4v) is 4.17. The van der Waals surface area contributed by atoms with Gasteiger partial charge in [-0.25, -0.2) is 4.79 Å². The predicted octanol–water partition coefficient (Wildman–Crippen LogP) is 3.86. The van der Waals surface area contributed by atoms with Gasteiger partial charge in [0.2, 0.25) is 0 Å². The second-order valence-electron chi connectivity index (χ2n) is 6.43. The van der Waals surface area contributed by atoms with Crippen LogP contribution in [0.5, 0.6) is 0 Å². The molecule has 2 heterocycles. The highest BCUT2D eigenvalue weighted by atomic mass is 32.1. The van der Waals surface area contributed by atoms with Crippen molar-refractivity contribution in [1.82, 2.24) is 15.1 Å². The van der Waals surface area contributed by atoms with Crippen LogP contribution >= 0.6 is 11.3 Å². The van der Waals surface area contributed by atoms with Gasteiger partial charge in [-0.2, -0.15) is 0 Å². The number of carbonyl (C=O) groups is 1. The monoisotopic (exact) mass is 357 g/mol. The van der Waals surface area contributed by atoms with E-state index in [1.54, 1.807) is 11.3 Å². The fraction of sp³-hybridized carbons (Fsp3) is 0.450. The third-order valence-electron chi connectivity index (χ3n) is 4.93. The topological polar surface area (TPSA) is 35.6 Å². The Balaban J connectivity index is 1.59. The lowest BCUT2D eigenvalue weighted by Crippen LogP contribution is -2.42. The first-order valence-corrected chi connectivity index (χ1v) is 9.96. The van der Waals surface area contributed by atoms with E-state index in [1.807, 2.05) is 11.0 Å². The van der Waals surface area contributed by atoms with Gasteiger partial charge >= 0.3 is 6.03 Å². The highest BCUT2D eigenvalue weighted by Crippen LogP contribution is 2.24.